The van der Waals surface area contributed by atoms with Gasteiger partial charge in [-0.15, -0.1) is 0 Å². The summed E-state index contributed by atoms with van der Waals surface area (Å²) in [7, 11) is 4.18. The van der Waals surface area contributed by atoms with Gasteiger partial charge >= 0.3 is 0 Å². The predicted octanol–water partition coefficient (Wildman–Crippen LogP) is 0.385. The Balaban J connectivity index is 2.07. The molecule has 1 aromatic rings. The first-order chi connectivity index (χ1) is 6.70. The average Bonchev–Trinajstić information content (AvgIpc) is 2.47. The summed E-state index contributed by atoms with van der Waals surface area (Å²) in [5.41, 5.74) is 1.28. The van der Waals surface area contributed by atoms with Crippen molar-refractivity contribution in [3.05, 3.63) is 18.0 Å². The number of aryl methyl sites for hydroxylation is 1. The Morgan fingerprint density at radius 3 is 2.79 bits per heavy atom. The van der Waals surface area contributed by atoms with Crippen molar-refractivity contribution in [1.82, 2.24) is 20.0 Å². The zero-order chi connectivity index (χ0) is 10.1. The second kappa shape index (κ2) is 3.71. The highest BCUT2D eigenvalue weighted by Gasteiger charge is 2.26. The predicted molar refractivity (Wildman–Crippen MR) is 56.0 cm³/mol. The fourth-order valence-corrected chi connectivity index (χ4v) is 1.88. The van der Waals surface area contributed by atoms with Gasteiger partial charge in [0.1, 0.15) is 0 Å². The van der Waals surface area contributed by atoms with Crippen molar-refractivity contribution in [2.45, 2.75) is 19.0 Å². The standard InChI is InChI=1S/C10H18N4/c1-8(10-4-5-12-14(10)3)13(2)9-6-11-7-9/h4-5,8-9,11H,6-7H2,1-3H3. The van der Waals surface area contributed by atoms with E-state index in [1.165, 1.54) is 5.69 Å². The first-order valence-electron chi connectivity index (χ1n) is 5.10. The molecule has 14 heavy (non-hydrogen) atoms. The van der Waals surface area contributed by atoms with E-state index >= 15 is 0 Å². The number of hydrogen-bond donors (Lipinski definition) is 1. The molecule has 4 nitrogen and oxygen atoms in total. The fourth-order valence-electron chi connectivity index (χ4n) is 1.88. The quantitative estimate of drug-likeness (QED) is 0.755. The topological polar surface area (TPSA) is 33.1 Å². The maximum Gasteiger partial charge on any atom is 0.0549 e. The number of aromatic nitrogens is 2. The van der Waals surface area contributed by atoms with Gasteiger partial charge in [-0.25, -0.2) is 0 Å². The van der Waals surface area contributed by atoms with E-state index in [2.05, 4.69) is 35.4 Å². The maximum absolute atomic E-state index is 4.20. The second-order valence-corrected chi connectivity index (χ2v) is 4.03. The Bertz CT molecular complexity index is 303. The lowest BCUT2D eigenvalue weighted by Crippen LogP contribution is -2.56. The van der Waals surface area contributed by atoms with E-state index in [4.69, 9.17) is 0 Å². The number of nitrogens with one attached hydrogen (secondary N) is 1. The minimum Gasteiger partial charge on any atom is -0.314 e. The summed E-state index contributed by atoms with van der Waals surface area (Å²) in [5.74, 6) is 0. The molecule has 1 aromatic heterocycles. The molecular formula is C10H18N4. The molecule has 2 rings (SSSR count). The van der Waals surface area contributed by atoms with Crippen LogP contribution in [0.5, 0.6) is 0 Å². The van der Waals surface area contributed by atoms with E-state index in [9.17, 15) is 0 Å². The highest BCUT2D eigenvalue weighted by molar-refractivity contribution is 5.06. The van der Waals surface area contributed by atoms with Crippen LogP contribution in [-0.4, -0.2) is 40.9 Å². The Kier molecular flexibility index (Phi) is 2.56. The van der Waals surface area contributed by atoms with Crippen LogP contribution in [0.15, 0.2) is 12.3 Å². The third kappa shape index (κ3) is 1.55. The van der Waals surface area contributed by atoms with Crippen LogP contribution < -0.4 is 5.32 Å². The lowest BCUT2D eigenvalue weighted by molar-refractivity contribution is 0.132. The molecule has 0 spiro atoms. The molecule has 1 unspecified atom stereocenters. The minimum atomic E-state index is 0.439. The first-order valence-corrected chi connectivity index (χ1v) is 5.10. The molecule has 0 aliphatic carbocycles. The maximum atomic E-state index is 4.20. The number of rotatable bonds is 3. The molecule has 1 fully saturated rings. The lowest BCUT2D eigenvalue weighted by atomic mass is 10.1. The van der Waals surface area contributed by atoms with E-state index in [0.717, 1.165) is 13.1 Å². The molecule has 2 heterocycles. The van der Waals surface area contributed by atoms with Crippen molar-refractivity contribution >= 4 is 0 Å². The van der Waals surface area contributed by atoms with Crippen molar-refractivity contribution in [2.24, 2.45) is 7.05 Å². The van der Waals surface area contributed by atoms with Gasteiger partial charge in [-0.05, 0) is 20.0 Å². The van der Waals surface area contributed by atoms with Crippen molar-refractivity contribution in [3.63, 3.8) is 0 Å². The third-order valence-corrected chi connectivity index (χ3v) is 3.23. The van der Waals surface area contributed by atoms with E-state index in [1.807, 2.05) is 17.9 Å². The highest BCUT2D eigenvalue weighted by Crippen LogP contribution is 2.20. The van der Waals surface area contributed by atoms with Crippen LogP contribution in [0.1, 0.15) is 18.7 Å². The summed E-state index contributed by atoms with van der Waals surface area (Å²) in [6, 6.07) is 3.21. The average molecular weight is 194 g/mol. The van der Waals surface area contributed by atoms with Gasteiger partial charge in [0, 0.05) is 38.4 Å². The molecule has 0 amide bonds. The van der Waals surface area contributed by atoms with Crippen molar-refractivity contribution in [1.29, 1.82) is 0 Å². The summed E-state index contributed by atoms with van der Waals surface area (Å²) >= 11 is 0. The van der Waals surface area contributed by atoms with Crippen LogP contribution in [0.2, 0.25) is 0 Å². The summed E-state index contributed by atoms with van der Waals surface area (Å²) < 4.78 is 1.95. The summed E-state index contributed by atoms with van der Waals surface area (Å²) in [4.78, 5) is 2.41. The number of likely N-dealkylation sites (N-methyl/N-ethyl adjacent to an activating group) is 1. The van der Waals surface area contributed by atoms with Gasteiger partial charge in [0.15, 0.2) is 0 Å². The van der Waals surface area contributed by atoms with Crippen LogP contribution in [-0.2, 0) is 7.05 Å². The smallest absolute Gasteiger partial charge is 0.0549 e. The Labute approximate surface area is 84.9 Å². The Hall–Kier alpha value is -0.870. The molecule has 0 aromatic carbocycles. The second-order valence-electron chi connectivity index (χ2n) is 4.03. The summed E-state index contributed by atoms with van der Waals surface area (Å²) in [6.45, 7) is 4.45. The van der Waals surface area contributed by atoms with E-state index in [-0.39, 0.29) is 0 Å². The molecule has 1 atom stereocenters. The molecule has 0 saturated carbocycles. The van der Waals surface area contributed by atoms with Crippen LogP contribution in [0.25, 0.3) is 0 Å². The Morgan fingerprint density at radius 1 is 1.64 bits per heavy atom. The van der Waals surface area contributed by atoms with Crippen LogP contribution >= 0.6 is 0 Å². The zero-order valence-electron chi connectivity index (χ0n) is 9.07. The van der Waals surface area contributed by atoms with E-state index in [1.54, 1.807) is 0 Å². The molecule has 0 radical (unpaired) electrons. The fraction of sp³-hybridized carbons (Fsp3) is 0.700. The van der Waals surface area contributed by atoms with Crippen molar-refractivity contribution in [2.75, 3.05) is 20.1 Å². The van der Waals surface area contributed by atoms with Crippen molar-refractivity contribution in [3.8, 4) is 0 Å². The van der Waals surface area contributed by atoms with Crippen molar-refractivity contribution < 1.29 is 0 Å². The SMILES string of the molecule is CC(c1ccnn1C)N(C)C1CNC1. The van der Waals surface area contributed by atoms with Gasteiger partial charge in [-0.1, -0.05) is 0 Å². The Morgan fingerprint density at radius 2 is 2.36 bits per heavy atom. The molecule has 1 N–H and O–H groups in total. The first kappa shape index (κ1) is 9.68. The largest absolute Gasteiger partial charge is 0.314 e. The monoisotopic (exact) mass is 194 g/mol. The van der Waals surface area contributed by atoms with Gasteiger partial charge in [0.25, 0.3) is 0 Å². The van der Waals surface area contributed by atoms with Gasteiger partial charge in [-0.3, -0.25) is 9.58 Å². The normalized spacial score (nSPS) is 19.7. The van der Waals surface area contributed by atoms with Gasteiger partial charge < -0.3 is 5.32 Å². The van der Waals surface area contributed by atoms with Gasteiger partial charge in [-0.2, -0.15) is 5.10 Å². The molecular weight excluding hydrogens is 176 g/mol. The molecule has 78 valence electrons. The molecule has 4 heteroatoms. The molecule has 1 aliphatic heterocycles. The lowest BCUT2D eigenvalue weighted by Gasteiger charge is -2.39. The summed E-state index contributed by atoms with van der Waals surface area (Å²) in [5, 5.41) is 7.49. The highest BCUT2D eigenvalue weighted by atomic mass is 15.3. The minimum absolute atomic E-state index is 0.439. The number of nitrogens with zero attached hydrogens (tertiary/aromatic N) is 3. The van der Waals surface area contributed by atoms with E-state index < -0.39 is 0 Å². The molecule has 1 aliphatic rings. The van der Waals surface area contributed by atoms with Crippen LogP contribution in [0.4, 0.5) is 0 Å². The van der Waals surface area contributed by atoms with Gasteiger partial charge in [0.2, 0.25) is 0 Å². The molecule has 0 bridgehead atoms. The van der Waals surface area contributed by atoms with Gasteiger partial charge in [0.05, 0.1) is 5.69 Å². The number of hydrogen-bond acceptors (Lipinski definition) is 3. The molecule has 1 saturated heterocycles. The van der Waals surface area contributed by atoms with E-state index in [0.29, 0.717) is 12.1 Å². The summed E-state index contributed by atoms with van der Waals surface area (Å²) in [6.07, 6.45) is 1.86. The zero-order valence-corrected chi connectivity index (χ0v) is 9.07. The third-order valence-electron chi connectivity index (χ3n) is 3.23. The van der Waals surface area contributed by atoms with Crippen LogP contribution in [0, 0.1) is 0 Å². The van der Waals surface area contributed by atoms with Crippen LogP contribution in [0.3, 0.4) is 0 Å².